The highest BCUT2D eigenvalue weighted by atomic mass is 16.7. The summed E-state index contributed by atoms with van der Waals surface area (Å²) in [5, 5.41) is 109. The number of piperidine rings is 1. The van der Waals surface area contributed by atoms with Gasteiger partial charge < -0.3 is 104 Å². The first-order valence-electron chi connectivity index (χ1n) is 33.2. The van der Waals surface area contributed by atoms with Gasteiger partial charge in [0.1, 0.15) is 79.0 Å². The van der Waals surface area contributed by atoms with Gasteiger partial charge in [0.05, 0.1) is 37.9 Å². The molecule has 93 heavy (non-hydrogen) atoms. The van der Waals surface area contributed by atoms with Crippen LogP contribution in [0.1, 0.15) is 144 Å². The van der Waals surface area contributed by atoms with Gasteiger partial charge in [0.2, 0.25) is 11.7 Å². The number of ether oxygens (including phenoxy) is 9. The molecule has 6 aliphatic rings. The van der Waals surface area contributed by atoms with E-state index in [0.717, 1.165) is 10.5 Å². The Hall–Kier alpha value is -4.24. The number of nitrogens with zero attached hydrogens (tertiary/aromatic N) is 1. The molecule has 14 unspecified atom stereocenters. The second kappa shape index (κ2) is 36.9. The molecule has 2 bridgehead atoms. The molecule has 0 aromatic carbocycles. The maximum Gasteiger partial charge on any atom is 0.329 e. The molecule has 5 heterocycles. The molecule has 0 aromatic rings. The molecule has 5 aliphatic heterocycles. The zero-order valence-electron chi connectivity index (χ0n) is 55.0. The van der Waals surface area contributed by atoms with Crippen molar-refractivity contribution in [2.45, 2.75) is 254 Å². The van der Waals surface area contributed by atoms with E-state index in [2.05, 4.69) is 11.9 Å². The largest absolute Gasteiger partial charge is 0.462 e. The van der Waals surface area contributed by atoms with Gasteiger partial charge in [-0.1, -0.05) is 57.4 Å². The fourth-order valence-electron chi connectivity index (χ4n) is 13.9. The molecule has 6 rings (SSSR count). The summed E-state index contributed by atoms with van der Waals surface area (Å²) in [6, 6.07) is -1.25. The molecule has 27 nitrogen and oxygen atoms in total. The molecule has 530 valence electrons. The molecule has 4 saturated heterocycles. The molecule has 0 aromatic heterocycles. The molecule has 5 fully saturated rings. The fourth-order valence-corrected chi connectivity index (χ4v) is 13.9. The lowest BCUT2D eigenvalue weighted by Crippen LogP contribution is -2.64. The average Bonchev–Trinajstić information content (AvgIpc) is 1.05. The monoisotopic (exact) mass is 1330 g/mol. The van der Waals surface area contributed by atoms with Crippen molar-refractivity contribution in [2.24, 2.45) is 35.5 Å². The standard InChI is InChI=1S/C66H106N2O25/c1-9-16-41-26-35(2)25-36(3)27-47(85-7)59-48(86-8)29-38(5)66(84,93-59)61(81)62(82)68-23-14-12-17-43(68)63(83)91-58(39(6)44(72)31-45(41)73)37(4)28-40-18-19-46(42(30-40)32-69)88-52(75)21-20-51(74)67-22-13-10-11-15-24-87-64-57(80)55(78)60(50(34-71)90-64)92-65-56(79)54(77)53(76)49(33-70)89-65/h9,26,28,36,38-44,46-50,53-60,64-65,69-72,76-80,84H,1,10-25,27,29-34H2,2-8H3,(H,67,74)/b35-26+,37-28+/t36-,38-,39-,40?,41-,42+,43?,44-,46?,47+,48?,49?,50?,53?,54?,55?,56?,57?,58-,59-,60?,64?,65?,66-/m1/s1. The van der Waals surface area contributed by atoms with Gasteiger partial charge in [0, 0.05) is 77.0 Å². The molecular formula is C66H106N2O25. The number of ketones is 2. The number of hydrogen-bond acceptors (Lipinski definition) is 25. The summed E-state index contributed by atoms with van der Waals surface area (Å²) in [5.41, 5.74) is 1.42. The van der Waals surface area contributed by atoms with E-state index in [-0.39, 0.29) is 75.4 Å². The Morgan fingerprint density at radius 2 is 1.46 bits per heavy atom. The van der Waals surface area contributed by atoms with E-state index < -0.39 is 170 Å². The van der Waals surface area contributed by atoms with Crippen LogP contribution in [0.25, 0.3) is 0 Å². The van der Waals surface area contributed by atoms with Crippen LogP contribution in [-0.4, -0.2) is 255 Å². The molecule has 1 saturated carbocycles. The Balaban J connectivity index is 1.02. The number of methoxy groups -OCH3 is 2. The van der Waals surface area contributed by atoms with Crippen molar-refractivity contribution in [1.82, 2.24) is 10.2 Å². The van der Waals surface area contributed by atoms with E-state index in [0.29, 0.717) is 89.2 Å². The highest BCUT2D eigenvalue weighted by molar-refractivity contribution is 6.39. The number of unbranched alkanes of at least 4 members (excludes halogenated alkanes) is 3. The number of aliphatic hydroxyl groups is 10. The van der Waals surface area contributed by atoms with Gasteiger partial charge in [-0.3, -0.25) is 24.0 Å². The number of aliphatic hydroxyl groups excluding tert-OH is 9. The summed E-state index contributed by atoms with van der Waals surface area (Å²) in [7, 11) is 3.00. The van der Waals surface area contributed by atoms with Crippen molar-refractivity contribution in [3.8, 4) is 0 Å². The van der Waals surface area contributed by atoms with Crippen LogP contribution < -0.4 is 5.32 Å². The molecular weight excluding hydrogens is 1220 g/mol. The predicted molar refractivity (Wildman–Crippen MR) is 329 cm³/mol. The van der Waals surface area contributed by atoms with Crippen LogP contribution in [0.4, 0.5) is 0 Å². The summed E-state index contributed by atoms with van der Waals surface area (Å²) >= 11 is 0. The summed E-state index contributed by atoms with van der Waals surface area (Å²) in [5.74, 6) is -10.2. The van der Waals surface area contributed by atoms with Gasteiger partial charge >= 0.3 is 11.9 Å². The number of nitrogens with one attached hydrogen (secondary N) is 1. The molecule has 0 spiro atoms. The number of Topliss-reactive ketones (excluding diaryl/α,β-unsaturated/α-hetero) is 2. The van der Waals surface area contributed by atoms with Crippen molar-refractivity contribution < 1.29 is 122 Å². The summed E-state index contributed by atoms with van der Waals surface area (Å²) in [4.78, 5) is 84.8. The Morgan fingerprint density at radius 1 is 0.785 bits per heavy atom. The second-order valence-corrected chi connectivity index (χ2v) is 26.5. The molecule has 27 heteroatoms. The number of esters is 2. The van der Waals surface area contributed by atoms with Crippen molar-refractivity contribution in [3.05, 3.63) is 36.0 Å². The van der Waals surface area contributed by atoms with Gasteiger partial charge in [-0.2, -0.15) is 0 Å². The minimum Gasteiger partial charge on any atom is -0.462 e. The van der Waals surface area contributed by atoms with E-state index in [1.54, 1.807) is 26.8 Å². The zero-order valence-corrected chi connectivity index (χ0v) is 55.0. The van der Waals surface area contributed by atoms with Crippen molar-refractivity contribution in [3.63, 3.8) is 0 Å². The molecule has 11 N–H and O–H groups in total. The van der Waals surface area contributed by atoms with Crippen LogP contribution in [0.2, 0.25) is 0 Å². The van der Waals surface area contributed by atoms with E-state index in [1.165, 1.54) is 14.2 Å². The molecule has 24 atom stereocenters. The zero-order chi connectivity index (χ0) is 68.4. The van der Waals surface area contributed by atoms with E-state index in [9.17, 15) is 79.8 Å². The Labute approximate surface area is 545 Å². The molecule has 1 aliphatic carbocycles. The van der Waals surface area contributed by atoms with Gasteiger partial charge in [-0.15, -0.1) is 6.58 Å². The maximum absolute atomic E-state index is 14.7. The van der Waals surface area contributed by atoms with Crippen LogP contribution in [0.3, 0.4) is 0 Å². The summed E-state index contributed by atoms with van der Waals surface area (Å²) < 4.78 is 52.5. The predicted octanol–water partition coefficient (Wildman–Crippen LogP) is 0.881. The number of rotatable bonds is 23. The van der Waals surface area contributed by atoms with Gasteiger partial charge in [0.15, 0.2) is 12.6 Å². The Kier molecular flexibility index (Phi) is 30.9. The van der Waals surface area contributed by atoms with E-state index in [4.69, 9.17) is 42.6 Å². The van der Waals surface area contributed by atoms with Crippen LogP contribution in [0.5, 0.6) is 0 Å². The summed E-state index contributed by atoms with van der Waals surface area (Å²) in [6.45, 7) is 11.5. The third-order valence-electron chi connectivity index (χ3n) is 19.4. The van der Waals surface area contributed by atoms with Crippen molar-refractivity contribution in [1.29, 1.82) is 0 Å². The second-order valence-electron chi connectivity index (χ2n) is 26.5. The first-order valence-corrected chi connectivity index (χ1v) is 33.2. The lowest BCUT2D eigenvalue weighted by molar-refractivity contribution is -0.359. The van der Waals surface area contributed by atoms with Crippen LogP contribution in [0, 0.1) is 35.5 Å². The number of amides is 2. The highest BCUT2D eigenvalue weighted by Crippen LogP contribution is 2.40. The first-order chi connectivity index (χ1) is 44.2. The maximum atomic E-state index is 14.7. The lowest BCUT2D eigenvalue weighted by Gasteiger charge is -2.47. The summed E-state index contributed by atoms with van der Waals surface area (Å²) in [6.07, 6.45) is -10.2. The van der Waals surface area contributed by atoms with E-state index in [1.807, 2.05) is 26.0 Å². The first kappa shape index (κ1) is 77.8. The number of carbonyl (C=O) groups is 6. The van der Waals surface area contributed by atoms with Crippen LogP contribution in [-0.2, 0) is 71.4 Å². The van der Waals surface area contributed by atoms with Crippen LogP contribution >= 0.6 is 0 Å². The van der Waals surface area contributed by atoms with E-state index >= 15 is 0 Å². The Bertz CT molecular complexity index is 2500. The SMILES string of the molecule is C=CC[C@@H]1/C=C(\C)C[C@@H](C)C[C@H](OC)[C@H]2O[C@@](O)(C(=O)C(=O)N3CCCCC3C(=O)O[C@H](/C(C)=C/C3CCC(OC(=O)CCC(=O)NCCCCCCOC4OC(CO)C(OC5OC(CO)C(O)C(O)C5O)C(O)C4O)[C@H](CO)C3)[C@H](C)[C@H](O)CC1=O)[C@H](C)CC2OC. The number of hydrogen-bond donors (Lipinski definition) is 11. The minimum atomic E-state index is -2.59. The quantitative estimate of drug-likeness (QED) is 0.0293. The minimum absolute atomic E-state index is 0.00585. The van der Waals surface area contributed by atoms with Gasteiger partial charge in [0.25, 0.3) is 11.7 Å². The van der Waals surface area contributed by atoms with Crippen molar-refractivity contribution in [2.75, 3.05) is 53.7 Å². The smallest absolute Gasteiger partial charge is 0.329 e. The van der Waals surface area contributed by atoms with Gasteiger partial charge in [-0.05, 0) is 108 Å². The third kappa shape index (κ3) is 20.4. The normalized spacial score (nSPS) is 39.6. The average molecular weight is 1330 g/mol. The number of fused-ring (bicyclic) bond motifs is 3. The number of cyclic esters (lactones) is 1. The fraction of sp³-hybridized carbons (Fsp3) is 0.818. The van der Waals surface area contributed by atoms with Crippen LogP contribution in [0.15, 0.2) is 36.0 Å². The Morgan fingerprint density at radius 3 is 2.14 bits per heavy atom. The highest BCUT2D eigenvalue weighted by Gasteiger charge is 2.57. The molecule has 0 radical (unpaired) electrons. The topological polar surface area (TPSA) is 403 Å². The van der Waals surface area contributed by atoms with Gasteiger partial charge in [-0.25, -0.2) is 4.79 Å². The lowest BCUT2D eigenvalue weighted by atomic mass is 9.78. The number of allylic oxidation sites excluding steroid dienone is 4. The third-order valence-corrected chi connectivity index (χ3v) is 19.4. The number of carbonyl (C=O) groups excluding carboxylic acids is 6. The van der Waals surface area contributed by atoms with Crippen molar-refractivity contribution >= 4 is 35.3 Å². The molecule has 2 amide bonds.